The number of nitrogen functional groups attached to an aromatic ring is 1. The standard InChI is InChI=1S/C14H16BrN3/c1-9(2)8-11-12(15)13(16)18-14(17-11)10-6-4-3-5-7-10/h3-7,9H,8H2,1-2H3,(H2,16,17,18). The van der Waals surface area contributed by atoms with Crippen LogP contribution in [0, 0.1) is 5.92 Å². The van der Waals surface area contributed by atoms with E-state index in [0.717, 1.165) is 22.2 Å². The molecule has 4 heteroatoms. The van der Waals surface area contributed by atoms with Gasteiger partial charge in [0.1, 0.15) is 5.82 Å². The third-order valence-electron chi connectivity index (χ3n) is 2.58. The molecule has 18 heavy (non-hydrogen) atoms. The van der Waals surface area contributed by atoms with Gasteiger partial charge >= 0.3 is 0 Å². The Morgan fingerprint density at radius 3 is 2.44 bits per heavy atom. The third-order valence-corrected chi connectivity index (χ3v) is 3.44. The molecule has 0 bridgehead atoms. The molecule has 2 aromatic rings. The molecule has 0 aliphatic rings. The first-order valence-electron chi connectivity index (χ1n) is 5.95. The Hall–Kier alpha value is -1.42. The second-order valence-electron chi connectivity index (χ2n) is 4.66. The Morgan fingerprint density at radius 1 is 1.17 bits per heavy atom. The summed E-state index contributed by atoms with van der Waals surface area (Å²) in [5.74, 6) is 1.71. The molecule has 94 valence electrons. The van der Waals surface area contributed by atoms with Crippen molar-refractivity contribution in [3.05, 3.63) is 40.5 Å². The molecule has 2 rings (SSSR count). The summed E-state index contributed by atoms with van der Waals surface area (Å²) < 4.78 is 0.816. The molecule has 0 unspecified atom stereocenters. The molecule has 0 saturated carbocycles. The summed E-state index contributed by atoms with van der Waals surface area (Å²) in [6, 6.07) is 9.89. The molecule has 2 N–H and O–H groups in total. The Kier molecular flexibility index (Phi) is 3.97. The highest BCUT2D eigenvalue weighted by Gasteiger charge is 2.12. The molecule has 0 amide bonds. The average Bonchev–Trinajstić information content (AvgIpc) is 2.35. The zero-order valence-corrected chi connectivity index (χ0v) is 12.1. The number of hydrogen-bond acceptors (Lipinski definition) is 3. The van der Waals surface area contributed by atoms with Crippen LogP contribution in [-0.2, 0) is 6.42 Å². The number of anilines is 1. The van der Waals surface area contributed by atoms with Gasteiger partial charge in [-0.2, -0.15) is 0 Å². The number of halogens is 1. The van der Waals surface area contributed by atoms with Crippen molar-refractivity contribution in [2.45, 2.75) is 20.3 Å². The Morgan fingerprint density at radius 2 is 1.83 bits per heavy atom. The molecule has 1 aromatic carbocycles. The van der Waals surface area contributed by atoms with E-state index >= 15 is 0 Å². The Bertz CT molecular complexity index is 538. The zero-order valence-electron chi connectivity index (χ0n) is 10.5. The van der Waals surface area contributed by atoms with Crippen LogP contribution in [0.2, 0.25) is 0 Å². The van der Waals surface area contributed by atoms with Crippen LogP contribution < -0.4 is 5.73 Å². The predicted molar refractivity (Wildman–Crippen MR) is 78.1 cm³/mol. The average molecular weight is 306 g/mol. The van der Waals surface area contributed by atoms with E-state index in [-0.39, 0.29) is 0 Å². The summed E-state index contributed by atoms with van der Waals surface area (Å²) in [6.07, 6.45) is 0.882. The molecule has 0 radical (unpaired) electrons. The number of rotatable bonds is 3. The van der Waals surface area contributed by atoms with Crippen LogP contribution in [-0.4, -0.2) is 9.97 Å². The number of hydrogen-bond donors (Lipinski definition) is 1. The van der Waals surface area contributed by atoms with Crippen LogP contribution in [0.5, 0.6) is 0 Å². The van der Waals surface area contributed by atoms with E-state index in [9.17, 15) is 0 Å². The smallest absolute Gasteiger partial charge is 0.161 e. The van der Waals surface area contributed by atoms with Crippen molar-refractivity contribution < 1.29 is 0 Å². The molecule has 1 aromatic heterocycles. The maximum absolute atomic E-state index is 5.94. The quantitative estimate of drug-likeness (QED) is 0.941. The summed E-state index contributed by atoms with van der Waals surface area (Å²) in [7, 11) is 0. The fourth-order valence-electron chi connectivity index (χ4n) is 1.75. The van der Waals surface area contributed by atoms with Crippen LogP contribution in [0.1, 0.15) is 19.5 Å². The molecule has 0 saturated heterocycles. The lowest BCUT2D eigenvalue weighted by Crippen LogP contribution is -2.05. The molecular formula is C14H16BrN3. The minimum absolute atomic E-state index is 0.500. The Labute approximate surface area is 116 Å². The van der Waals surface area contributed by atoms with Crippen LogP contribution in [0.15, 0.2) is 34.8 Å². The van der Waals surface area contributed by atoms with Gasteiger partial charge in [-0.3, -0.25) is 0 Å². The maximum atomic E-state index is 5.94. The molecule has 0 aliphatic heterocycles. The first-order valence-corrected chi connectivity index (χ1v) is 6.74. The number of aromatic nitrogens is 2. The molecule has 3 nitrogen and oxygen atoms in total. The van der Waals surface area contributed by atoms with Gasteiger partial charge < -0.3 is 5.73 Å². The lowest BCUT2D eigenvalue weighted by atomic mass is 10.1. The minimum atomic E-state index is 0.500. The zero-order chi connectivity index (χ0) is 13.1. The lowest BCUT2D eigenvalue weighted by Gasteiger charge is -2.10. The van der Waals surface area contributed by atoms with Gasteiger partial charge in [-0.05, 0) is 28.3 Å². The molecule has 0 aliphatic carbocycles. The van der Waals surface area contributed by atoms with Crippen molar-refractivity contribution in [1.82, 2.24) is 9.97 Å². The van der Waals surface area contributed by atoms with E-state index in [1.165, 1.54) is 0 Å². The molecule has 1 heterocycles. The highest BCUT2D eigenvalue weighted by Crippen LogP contribution is 2.26. The maximum Gasteiger partial charge on any atom is 0.161 e. The highest BCUT2D eigenvalue weighted by molar-refractivity contribution is 9.10. The van der Waals surface area contributed by atoms with Gasteiger partial charge in [-0.25, -0.2) is 9.97 Å². The summed E-state index contributed by atoms with van der Waals surface area (Å²) in [6.45, 7) is 4.32. The van der Waals surface area contributed by atoms with Crippen LogP contribution in [0.3, 0.4) is 0 Å². The molecule has 0 spiro atoms. The number of nitrogens with two attached hydrogens (primary N) is 1. The fourth-order valence-corrected chi connectivity index (χ4v) is 2.09. The van der Waals surface area contributed by atoms with Gasteiger partial charge in [-0.1, -0.05) is 44.2 Å². The normalized spacial score (nSPS) is 10.9. The third kappa shape index (κ3) is 2.88. The van der Waals surface area contributed by atoms with E-state index in [1.54, 1.807) is 0 Å². The second kappa shape index (κ2) is 5.48. The summed E-state index contributed by atoms with van der Waals surface area (Å²) in [4.78, 5) is 8.94. The van der Waals surface area contributed by atoms with E-state index in [0.29, 0.717) is 17.6 Å². The molecule has 0 atom stereocenters. The summed E-state index contributed by atoms with van der Waals surface area (Å²) >= 11 is 3.47. The summed E-state index contributed by atoms with van der Waals surface area (Å²) in [5.41, 5.74) is 7.89. The SMILES string of the molecule is CC(C)Cc1nc(-c2ccccc2)nc(N)c1Br. The van der Waals surface area contributed by atoms with E-state index in [1.807, 2.05) is 30.3 Å². The monoisotopic (exact) mass is 305 g/mol. The van der Waals surface area contributed by atoms with Gasteiger partial charge in [-0.15, -0.1) is 0 Å². The summed E-state index contributed by atoms with van der Waals surface area (Å²) in [5, 5.41) is 0. The van der Waals surface area contributed by atoms with Crippen LogP contribution in [0.4, 0.5) is 5.82 Å². The Balaban J connectivity index is 2.47. The predicted octanol–water partition coefficient (Wildman–Crippen LogP) is 3.69. The van der Waals surface area contributed by atoms with Gasteiger partial charge in [0.15, 0.2) is 5.82 Å². The van der Waals surface area contributed by atoms with E-state index in [4.69, 9.17) is 5.73 Å². The van der Waals surface area contributed by atoms with Crippen molar-refractivity contribution in [3.63, 3.8) is 0 Å². The van der Waals surface area contributed by atoms with Crippen molar-refractivity contribution in [1.29, 1.82) is 0 Å². The molecule has 0 fully saturated rings. The number of benzene rings is 1. The minimum Gasteiger partial charge on any atom is -0.383 e. The van der Waals surface area contributed by atoms with Crippen molar-refractivity contribution in [3.8, 4) is 11.4 Å². The van der Waals surface area contributed by atoms with Gasteiger partial charge in [0.25, 0.3) is 0 Å². The van der Waals surface area contributed by atoms with Crippen LogP contribution in [0.25, 0.3) is 11.4 Å². The van der Waals surface area contributed by atoms with E-state index < -0.39 is 0 Å². The largest absolute Gasteiger partial charge is 0.383 e. The van der Waals surface area contributed by atoms with Gasteiger partial charge in [0.2, 0.25) is 0 Å². The van der Waals surface area contributed by atoms with Gasteiger partial charge in [0, 0.05) is 5.56 Å². The van der Waals surface area contributed by atoms with E-state index in [2.05, 4.69) is 39.7 Å². The first kappa shape index (κ1) is 13.0. The van der Waals surface area contributed by atoms with Crippen molar-refractivity contribution in [2.24, 2.45) is 5.92 Å². The topological polar surface area (TPSA) is 51.8 Å². The second-order valence-corrected chi connectivity index (χ2v) is 5.45. The lowest BCUT2D eigenvalue weighted by molar-refractivity contribution is 0.633. The number of nitrogens with zero attached hydrogens (tertiary/aromatic N) is 2. The van der Waals surface area contributed by atoms with Gasteiger partial charge in [0.05, 0.1) is 10.2 Å². The van der Waals surface area contributed by atoms with Crippen molar-refractivity contribution in [2.75, 3.05) is 5.73 Å². The first-order chi connectivity index (χ1) is 8.58. The van der Waals surface area contributed by atoms with Crippen LogP contribution >= 0.6 is 15.9 Å². The fraction of sp³-hybridized carbons (Fsp3) is 0.286. The highest BCUT2D eigenvalue weighted by atomic mass is 79.9. The molecular weight excluding hydrogens is 290 g/mol. The van der Waals surface area contributed by atoms with Crippen molar-refractivity contribution >= 4 is 21.7 Å².